The van der Waals surface area contributed by atoms with E-state index in [0.29, 0.717) is 19.5 Å². The van der Waals surface area contributed by atoms with Gasteiger partial charge in [0, 0.05) is 30.5 Å². The molecule has 0 saturated carbocycles. The number of hydrogen-bond acceptors (Lipinski definition) is 3. The second-order valence-electron chi connectivity index (χ2n) is 6.30. The fourth-order valence-corrected chi connectivity index (χ4v) is 2.78. The van der Waals surface area contributed by atoms with Crippen molar-refractivity contribution in [1.82, 2.24) is 19.6 Å². The quantitative estimate of drug-likeness (QED) is 0.752. The van der Waals surface area contributed by atoms with E-state index in [1.54, 1.807) is 4.68 Å². The molecule has 1 amide bonds. The lowest BCUT2D eigenvalue weighted by molar-refractivity contribution is -0.116. The van der Waals surface area contributed by atoms with Crippen LogP contribution in [0.5, 0.6) is 0 Å². The summed E-state index contributed by atoms with van der Waals surface area (Å²) >= 11 is 0. The van der Waals surface area contributed by atoms with Crippen molar-refractivity contribution in [2.45, 2.75) is 40.3 Å². The SMILES string of the molecule is Cc1ccn(CCC(=O)Nc2cccc(Cn3nc(C)cc3C)c2)n1. The average Bonchev–Trinajstić information content (AvgIpc) is 3.11. The van der Waals surface area contributed by atoms with Crippen LogP contribution >= 0.6 is 0 Å². The molecule has 6 heteroatoms. The molecule has 6 nitrogen and oxygen atoms in total. The van der Waals surface area contributed by atoms with Crippen LogP contribution in [0.25, 0.3) is 0 Å². The molecule has 1 N–H and O–H groups in total. The second-order valence-corrected chi connectivity index (χ2v) is 6.30. The molecule has 0 saturated heterocycles. The summed E-state index contributed by atoms with van der Waals surface area (Å²) in [6.45, 7) is 7.23. The first-order chi connectivity index (χ1) is 12.0. The summed E-state index contributed by atoms with van der Waals surface area (Å²) in [6, 6.07) is 11.9. The predicted octanol–water partition coefficient (Wildman–Crippen LogP) is 3.08. The zero-order valence-corrected chi connectivity index (χ0v) is 14.9. The molecule has 3 aromatic rings. The topological polar surface area (TPSA) is 64.7 Å². The maximum Gasteiger partial charge on any atom is 0.226 e. The first-order valence-corrected chi connectivity index (χ1v) is 8.39. The van der Waals surface area contributed by atoms with Crippen molar-refractivity contribution in [3.8, 4) is 0 Å². The third-order valence-electron chi connectivity index (χ3n) is 3.99. The van der Waals surface area contributed by atoms with Crippen LogP contribution in [-0.4, -0.2) is 25.5 Å². The Morgan fingerprint density at radius 1 is 1.08 bits per heavy atom. The highest BCUT2D eigenvalue weighted by Crippen LogP contribution is 2.14. The van der Waals surface area contributed by atoms with E-state index in [2.05, 4.69) is 21.6 Å². The van der Waals surface area contributed by atoms with Gasteiger partial charge in [-0.2, -0.15) is 10.2 Å². The fourth-order valence-electron chi connectivity index (χ4n) is 2.78. The van der Waals surface area contributed by atoms with Gasteiger partial charge in [0.15, 0.2) is 0 Å². The summed E-state index contributed by atoms with van der Waals surface area (Å²) in [5, 5.41) is 11.7. The molecule has 3 rings (SSSR count). The maximum atomic E-state index is 12.1. The normalized spacial score (nSPS) is 10.8. The van der Waals surface area contributed by atoms with Crippen LogP contribution < -0.4 is 5.32 Å². The molecule has 0 aliphatic carbocycles. The van der Waals surface area contributed by atoms with Gasteiger partial charge in [0.2, 0.25) is 5.91 Å². The summed E-state index contributed by atoms with van der Waals surface area (Å²) in [7, 11) is 0. The maximum absolute atomic E-state index is 12.1. The minimum Gasteiger partial charge on any atom is -0.326 e. The lowest BCUT2D eigenvalue weighted by Gasteiger charge is -2.09. The molecule has 130 valence electrons. The predicted molar refractivity (Wildman–Crippen MR) is 97.5 cm³/mol. The summed E-state index contributed by atoms with van der Waals surface area (Å²) in [6.07, 6.45) is 2.28. The minimum atomic E-state index is -0.0172. The highest BCUT2D eigenvalue weighted by atomic mass is 16.1. The Kier molecular flexibility index (Phi) is 4.97. The van der Waals surface area contributed by atoms with Crippen LogP contribution in [0.1, 0.15) is 29.1 Å². The standard InChI is InChI=1S/C19H23N5O/c1-14-7-9-23(21-14)10-8-19(25)20-18-6-4-5-17(12-18)13-24-16(3)11-15(2)22-24/h4-7,9,11-12H,8,10,13H2,1-3H3,(H,20,25). The van der Waals surface area contributed by atoms with E-state index < -0.39 is 0 Å². The highest BCUT2D eigenvalue weighted by molar-refractivity contribution is 5.90. The molecule has 1 aromatic carbocycles. The van der Waals surface area contributed by atoms with Crippen molar-refractivity contribution in [1.29, 1.82) is 0 Å². The van der Waals surface area contributed by atoms with E-state index in [0.717, 1.165) is 28.3 Å². The van der Waals surface area contributed by atoms with Gasteiger partial charge < -0.3 is 5.32 Å². The zero-order chi connectivity index (χ0) is 17.8. The Bertz CT molecular complexity index is 878. The number of aryl methyl sites for hydroxylation is 4. The van der Waals surface area contributed by atoms with Gasteiger partial charge in [0.1, 0.15) is 0 Å². The van der Waals surface area contributed by atoms with E-state index >= 15 is 0 Å². The fraction of sp³-hybridized carbons (Fsp3) is 0.316. The van der Waals surface area contributed by atoms with Gasteiger partial charge in [-0.3, -0.25) is 14.2 Å². The largest absolute Gasteiger partial charge is 0.326 e. The zero-order valence-electron chi connectivity index (χ0n) is 14.9. The molecular weight excluding hydrogens is 314 g/mol. The summed E-state index contributed by atoms with van der Waals surface area (Å²) in [4.78, 5) is 12.1. The van der Waals surface area contributed by atoms with E-state index in [-0.39, 0.29) is 5.91 Å². The van der Waals surface area contributed by atoms with Crippen molar-refractivity contribution in [3.63, 3.8) is 0 Å². The number of carbonyl (C=O) groups excluding carboxylic acids is 1. The van der Waals surface area contributed by atoms with Crippen LogP contribution in [0.4, 0.5) is 5.69 Å². The Morgan fingerprint density at radius 2 is 1.92 bits per heavy atom. The number of nitrogens with one attached hydrogen (secondary N) is 1. The molecule has 0 fully saturated rings. The number of carbonyl (C=O) groups is 1. The molecule has 0 spiro atoms. The van der Waals surface area contributed by atoms with Crippen molar-refractivity contribution in [2.75, 3.05) is 5.32 Å². The second kappa shape index (κ2) is 7.34. The van der Waals surface area contributed by atoms with E-state index in [9.17, 15) is 4.79 Å². The molecule has 0 aliphatic rings. The lowest BCUT2D eigenvalue weighted by atomic mass is 10.2. The van der Waals surface area contributed by atoms with Crippen molar-refractivity contribution >= 4 is 11.6 Å². The molecule has 2 heterocycles. The summed E-state index contributed by atoms with van der Waals surface area (Å²) < 4.78 is 3.75. The Balaban J connectivity index is 1.59. The highest BCUT2D eigenvalue weighted by Gasteiger charge is 2.06. The van der Waals surface area contributed by atoms with Crippen LogP contribution in [0.15, 0.2) is 42.6 Å². The van der Waals surface area contributed by atoms with Crippen molar-refractivity contribution < 1.29 is 4.79 Å². The van der Waals surface area contributed by atoms with E-state index in [1.807, 2.05) is 62.0 Å². The van der Waals surface area contributed by atoms with Crippen molar-refractivity contribution in [2.24, 2.45) is 0 Å². The third kappa shape index (κ3) is 4.56. The summed E-state index contributed by atoms with van der Waals surface area (Å²) in [5.74, 6) is -0.0172. The van der Waals surface area contributed by atoms with Crippen LogP contribution in [0, 0.1) is 20.8 Å². The Morgan fingerprint density at radius 3 is 2.60 bits per heavy atom. The molecule has 0 atom stereocenters. The van der Waals surface area contributed by atoms with Gasteiger partial charge >= 0.3 is 0 Å². The first kappa shape index (κ1) is 17.0. The number of rotatable bonds is 6. The molecule has 25 heavy (non-hydrogen) atoms. The Hall–Kier alpha value is -2.89. The van der Waals surface area contributed by atoms with Crippen molar-refractivity contribution in [3.05, 3.63) is 65.2 Å². The number of amides is 1. The lowest BCUT2D eigenvalue weighted by Crippen LogP contribution is -2.15. The van der Waals surface area contributed by atoms with E-state index in [1.165, 1.54) is 0 Å². The monoisotopic (exact) mass is 337 g/mol. The molecule has 2 aromatic heterocycles. The number of aromatic nitrogens is 4. The van der Waals surface area contributed by atoms with Gasteiger partial charge in [0.05, 0.1) is 17.9 Å². The number of benzene rings is 1. The Labute approximate surface area is 147 Å². The first-order valence-electron chi connectivity index (χ1n) is 8.39. The van der Waals surface area contributed by atoms with Gasteiger partial charge in [-0.25, -0.2) is 0 Å². The molecular formula is C19H23N5O. The molecule has 0 unspecified atom stereocenters. The molecule has 0 aliphatic heterocycles. The van der Waals surface area contributed by atoms with Crippen LogP contribution in [-0.2, 0) is 17.9 Å². The molecule has 0 radical (unpaired) electrons. The number of hydrogen-bond donors (Lipinski definition) is 1. The van der Waals surface area contributed by atoms with E-state index in [4.69, 9.17) is 0 Å². The van der Waals surface area contributed by atoms with Crippen LogP contribution in [0.2, 0.25) is 0 Å². The van der Waals surface area contributed by atoms with Crippen LogP contribution in [0.3, 0.4) is 0 Å². The molecule has 0 bridgehead atoms. The number of nitrogens with zero attached hydrogens (tertiary/aromatic N) is 4. The smallest absolute Gasteiger partial charge is 0.226 e. The summed E-state index contributed by atoms with van der Waals surface area (Å²) in [5.41, 5.74) is 5.00. The van der Waals surface area contributed by atoms with Gasteiger partial charge in [0.25, 0.3) is 0 Å². The minimum absolute atomic E-state index is 0.0172. The van der Waals surface area contributed by atoms with Gasteiger partial charge in [-0.15, -0.1) is 0 Å². The van der Waals surface area contributed by atoms with Gasteiger partial charge in [-0.05, 0) is 50.6 Å². The van der Waals surface area contributed by atoms with Gasteiger partial charge in [-0.1, -0.05) is 12.1 Å². The average molecular weight is 337 g/mol. The third-order valence-corrected chi connectivity index (χ3v) is 3.99. The number of anilines is 1.